The summed E-state index contributed by atoms with van der Waals surface area (Å²) in [6.07, 6.45) is 0. The molecular weight excluding hydrogens is 226 g/mol. The van der Waals surface area contributed by atoms with E-state index in [9.17, 15) is 0 Å². The predicted molar refractivity (Wildman–Crippen MR) is 66.5 cm³/mol. The zero-order chi connectivity index (χ0) is 11.0. The first-order valence-electron chi connectivity index (χ1n) is 4.80. The number of aromatic nitrogens is 1. The SMILES string of the molecule is CC1=CSC(c2csc(C)n2)N1N(C)C. The highest BCUT2D eigenvalue weighted by molar-refractivity contribution is 8.02. The maximum absolute atomic E-state index is 4.56. The van der Waals surface area contributed by atoms with E-state index < -0.39 is 0 Å². The van der Waals surface area contributed by atoms with E-state index >= 15 is 0 Å². The second kappa shape index (κ2) is 4.15. The Balaban J connectivity index is 2.24. The Morgan fingerprint density at radius 3 is 2.67 bits per heavy atom. The highest BCUT2D eigenvalue weighted by Gasteiger charge is 2.29. The molecule has 0 fully saturated rings. The predicted octanol–water partition coefficient (Wildman–Crippen LogP) is 2.84. The van der Waals surface area contributed by atoms with Crippen LogP contribution in [0.15, 0.2) is 16.5 Å². The first-order chi connectivity index (χ1) is 7.09. The Labute approximate surface area is 98.8 Å². The van der Waals surface area contributed by atoms with Crippen molar-refractivity contribution < 1.29 is 0 Å². The molecule has 1 aromatic rings. The third kappa shape index (κ3) is 2.04. The fraction of sp³-hybridized carbons (Fsp3) is 0.500. The molecule has 0 saturated heterocycles. The van der Waals surface area contributed by atoms with Crippen molar-refractivity contribution in [2.24, 2.45) is 0 Å². The van der Waals surface area contributed by atoms with Gasteiger partial charge in [-0.3, -0.25) is 5.01 Å². The third-order valence-electron chi connectivity index (χ3n) is 2.27. The summed E-state index contributed by atoms with van der Waals surface area (Å²) >= 11 is 3.53. The smallest absolute Gasteiger partial charge is 0.137 e. The molecule has 1 aliphatic rings. The minimum Gasteiger partial charge on any atom is -0.291 e. The molecule has 0 aliphatic carbocycles. The van der Waals surface area contributed by atoms with Crippen LogP contribution in [-0.2, 0) is 0 Å². The van der Waals surface area contributed by atoms with Crippen molar-refractivity contribution in [2.45, 2.75) is 19.2 Å². The molecule has 1 aliphatic heterocycles. The van der Waals surface area contributed by atoms with E-state index in [1.807, 2.05) is 18.7 Å². The topological polar surface area (TPSA) is 19.4 Å². The molecule has 0 amide bonds. The minimum atomic E-state index is 0.310. The molecule has 1 atom stereocenters. The van der Waals surface area contributed by atoms with Gasteiger partial charge in [0.25, 0.3) is 0 Å². The Morgan fingerprint density at radius 2 is 2.13 bits per heavy atom. The summed E-state index contributed by atoms with van der Waals surface area (Å²) in [5.41, 5.74) is 2.44. The van der Waals surface area contributed by atoms with Crippen LogP contribution < -0.4 is 0 Å². The number of rotatable bonds is 2. The average Bonchev–Trinajstić information content (AvgIpc) is 2.71. The first kappa shape index (κ1) is 11.0. The number of thiazole rings is 1. The van der Waals surface area contributed by atoms with Gasteiger partial charge in [-0.25, -0.2) is 9.99 Å². The highest BCUT2D eigenvalue weighted by atomic mass is 32.2. The molecule has 0 aromatic carbocycles. The molecule has 0 radical (unpaired) electrons. The van der Waals surface area contributed by atoms with Crippen LogP contribution in [0.1, 0.15) is 23.0 Å². The first-order valence-corrected chi connectivity index (χ1v) is 6.62. The number of hydrogen-bond donors (Lipinski definition) is 0. The van der Waals surface area contributed by atoms with Gasteiger partial charge >= 0.3 is 0 Å². The largest absolute Gasteiger partial charge is 0.291 e. The summed E-state index contributed by atoms with van der Waals surface area (Å²) in [6, 6.07) is 0. The van der Waals surface area contributed by atoms with Gasteiger partial charge < -0.3 is 0 Å². The zero-order valence-electron chi connectivity index (χ0n) is 9.39. The molecule has 0 spiro atoms. The molecule has 2 heterocycles. The summed E-state index contributed by atoms with van der Waals surface area (Å²) in [7, 11) is 4.13. The van der Waals surface area contributed by atoms with Crippen LogP contribution in [0, 0.1) is 6.92 Å². The van der Waals surface area contributed by atoms with Crippen LogP contribution in [0.5, 0.6) is 0 Å². The van der Waals surface area contributed by atoms with Crippen LogP contribution in [0.3, 0.4) is 0 Å². The number of allylic oxidation sites excluding steroid dienone is 1. The number of hydrogen-bond acceptors (Lipinski definition) is 5. The Morgan fingerprint density at radius 1 is 1.40 bits per heavy atom. The van der Waals surface area contributed by atoms with Crippen LogP contribution in [0.4, 0.5) is 0 Å². The van der Waals surface area contributed by atoms with E-state index in [0.717, 1.165) is 10.7 Å². The Bertz CT molecular complexity index is 384. The lowest BCUT2D eigenvalue weighted by molar-refractivity contribution is 0.0562. The van der Waals surface area contributed by atoms with E-state index in [2.05, 4.69) is 46.8 Å². The van der Waals surface area contributed by atoms with Crippen molar-refractivity contribution in [3.05, 3.63) is 27.2 Å². The fourth-order valence-electron chi connectivity index (χ4n) is 1.67. The van der Waals surface area contributed by atoms with Crippen LogP contribution >= 0.6 is 23.1 Å². The van der Waals surface area contributed by atoms with Crippen LogP contribution in [0.2, 0.25) is 0 Å². The van der Waals surface area contributed by atoms with Gasteiger partial charge in [0.2, 0.25) is 0 Å². The second-order valence-corrected chi connectivity index (χ2v) is 5.75. The third-order valence-corrected chi connectivity index (χ3v) is 4.24. The summed E-state index contributed by atoms with van der Waals surface area (Å²) in [5, 5.41) is 10.2. The van der Waals surface area contributed by atoms with Crippen molar-refractivity contribution in [3.63, 3.8) is 0 Å². The Kier molecular flexibility index (Phi) is 3.04. The molecule has 0 bridgehead atoms. The molecule has 15 heavy (non-hydrogen) atoms. The van der Waals surface area contributed by atoms with E-state index in [1.54, 1.807) is 11.3 Å². The van der Waals surface area contributed by atoms with Gasteiger partial charge in [0.05, 0.1) is 10.7 Å². The van der Waals surface area contributed by atoms with Gasteiger partial charge in [0.1, 0.15) is 5.37 Å². The molecule has 1 aromatic heterocycles. The van der Waals surface area contributed by atoms with Crippen molar-refractivity contribution >= 4 is 23.1 Å². The highest BCUT2D eigenvalue weighted by Crippen LogP contribution is 2.42. The number of hydrazine groups is 1. The van der Waals surface area contributed by atoms with Crippen molar-refractivity contribution in [2.75, 3.05) is 14.1 Å². The summed E-state index contributed by atoms with van der Waals surface area (Å²) in [6.45, 7) is 4.18. The van der Waals surface area contributed by atoms with Gasteiger partial charge in [-0.05, 0) is 19.3 Å². The van der Waals surface area contributed by atoms with E-state index in [-0.39, 0.29) is 0 Å². The summed E-state index contributed by atoms with van der Waals surface area (Å²) < 4.78 is 0. The monoisotopic (exact) mass is 241 g/mol. The van der Waals surface area contributed by atoms with Gasteiger partial charge in [0.15, 0.2) is 0 Å². The molecule has 2 rings (SSSR count). The average molecular weight is 241 g/mol. The zero-order valence-corrected chi connectivity index (χ0v) is 11.0. The van der Waals surface area contributed by atoms with Gasteiger partial charge in [-0.15, -0.1) is 11.3 Å². The molecule has 5 heteroatoms. The molecule has 3 nitrogen and oxygen atoms in total. The van der Waals surface area contributed by atoms with E-state index in [1.165, 1.54) is 5.70 Å². The molecule has 1 unspecified atom stereocenters. The lowest BCUT2D eigenvalue weighted by atomic mass is 10.4. The van der Waals surface area contributed by atoms with Gasteiger partial charge in [-0.2, -0.15) is 0 Å². The minimum absolute atomic E-state index is 0.310. The van der Waals surface area contributed by atoms with Crippen molar-refractivity contribution in [1.29, 1.82) is 0 Å². The lowest BCUT2D eigenvalue weighted by Crippen LogP contribution is -2.35. The quantitative estimate of drug-likeness (QED) is 0.792. The van der Waals surface area contributed by atoms with Gasteiger partial charge in [-0.1, -0.05) is 11.8 Å². The molecule has 0 saturated carbocycles. The summed E-state index contributed by atoms with van der Waals surface area (Å²) in [4.78, 5) is 4.56. The van der Waals surface area contributed by atoms with Crippen molar-refractivity contribution in [1.82, 2.24) is 15.0 Å². The molecular formula is C10H15N3S2. The molecule has 0 N–H and O–H groups in total. The standard InChI is InChI=1S/C10H15N3S2/c1-7-5-15-10(13(7)12(3)4)9-6-14-8(2)11-9/h5-6,10H,1-4H3. The summed E-state index contributed by atoms with van der Waals surface area (Å²) in [5.74, 6) is 0. The second-order valence-electron chi connectivity index (χ2n) is 3.73. The lowest BCUT2D eigenvalue weighted by Gasteiger charge is -2.32. The number of nitrogens with zero attached hydrogens (tertiary/aromatic N) is 3. The number of thioether (sulfide) groups is 1. The normalized spacial score (nSPS) is 21.3. The van der Waals surface area contributed by atoms with Gasteiger partial charge in [0, 0.05) is 25.2 Å². The van der Waals surface area contributed by atoms with Crippen LogP contribution in [-0.4, -0.2) is 29.1 Å². The van der Waals surface area contributed by atoms with E-state index in [4.69, 9.17) is 0 Å². The van der Waals surface area contributed by atoms with E-state index in [0.29, 0.717) is 5.37 Å². The maximum atomic E-state index is 4.56. The van der Waals surface area contributed by atoms with Crippen LogP contribution in [0.25, 0.3) is 0 Å². The number of aryl methyl sites for hydroxylation is 1. The fourth-order valence-corrected chi connectivity index (χ4v) is 3.55. The maximum Gasteiger partial charge on any atom is 0.137 e. The Hall–Kier alpha value is -0.520. The molecule has 82 valence electrons. The van der Waals surface area contributed by atoms with Crippen molar-refractivity contribution in [3.8, 4) is 0 Å².